The number of rotatable bonds is 6. The van der Waals surface area contributed by atoms with Crippen molar-refractivity contribution in [1.82, 2.24) is 15.5 Å². The average Bonchev–Trinajstić information content (AvgIpc) is 3.39. The minimum absolute atomic E-state index is 0.120. The van der Waals surface area contributed by atoms with Crippen molar-refractivity contribution < 1.29 is 27.9 Å². The summed E-state index contributed by atoms with van der Waals surface area (Å²) in [6, 6.07) is 12.6. The van der Waals surface area contributed by atoms with Gasteiger partial charge in [-0.15, -0.1) is 0 Å². The van der Waals surface area contributed by atoms with Crippen LogP contribution in [0.3, 0.4) is 0 Å². The van der Waals surface area contributed by atoms with E-state index in [0.29, 0.717) is 41.8 Å². The Labute approximate surface area is 220 Å². The number of carbonyl (C=O) groups excluding carboxylic acids is 1. The van der Waals surface area contributed by atoms with Gasteiger partial charge in [0.15, 0.2) is 11.4 Å². The molecule has 1 atom stereocenters. The van der Waals surface area contributed by atoms with Gasteiger partial charge in [0.1, 0.15) is 5.75 Å². The fourth-order valence-corrected chi connectivity index (χ4v) is 4.96. The Morgan fingerprint density at radius 1 is 1.11 bits per heavy atom. The largest absolute Gasteiger partial charge is 0.481 e. The molecule has 1 saturated heterocycles. The first-order valence-electron chi connectivity index (χ1n) is 12.9. The van der Waals surface area contributed by atoms with E-state index < -0.39 is 24.0 Å². The van der Waals surface area contributed by atoms with Gasteiger partial charge < -0.3 is 24.6 Å². The van der Waals surface area contributed by atoms with E-state index in [1.807, 2.05) is 24.8 Å². The minimum atomic E-state index is -3.05. The number of nitrogens with one attached hydrogen (secondary N) is 1. The molecule has 5 rings (SSSR count). The molecule has 2 aliphatic heterocycles. The smallest absolute Gasteiger partial charge is 0.324 e. The van der Waals surface area contributed by atoms with Crippen molar-refractivity contribution in [2.45, 2.75) is 63.6 Å². The van der Waals surface area contributed by atoms with Crippen LogP contribution in [0.1, 0.15) is 61.3 Å². The maximum Gasteiger partial charge on any atom is 0.324 e. The fourth-order valence-electron chi connectivity index (χ4n) is 4.96. The molecule has 1 aromatic heterocycles. The van der Waals surface area contributed by atoms with Crippen LogP contribution in [0, 0.1) is 0 Å². The number of piperidine rings is 1. The molecule has 0 bridgehead atoms. The number of fused-ring (bicyclic) bond motifs is 1. The van der Waals surface area contributed by atoms with E-state index in [2.05, 4.69) is 15.5 Å². The average molecular weight is 527 g/mol. The number of aliphatic hydroxyl groups excluding tert-OH is 1. The SMILES string of the molecule is CC(O)CNC(=O)c1ccc(-c2ccc3c(c2)CC(F)(F)C2(CCN(c4nc(C(C)C)no4)CC2)O3)cc1. The maximum absolute atomic E-state index is 15.6. The van der Waals surface area contributed by atoms with E-state index in [-0.39, 0.29) is 31.2 Å². The molecule has 0 aliphatic carbocycles. The van der Waals surface area contributed by atoms with Gasteiger partial charge in [-0.3, -0.25) is 4.79 Å². The molecule has 1 fully saturated rings. The number of benzene rings is 2. The molecular weight excluding hydrogens is 494 g/mol. The molecule has 1 unspecified atom stereocenters. The maximum atomic E-state index is 15.6. The van der Waals surface area contributed by atoms with Crippen molar-refractivity contribution in [1.29, 1.82) is 0 Å². The van der Waals surface area contributed by atoms with Gasteiger partial charge in [0, 0.05) is 55.9 Å². The van der Waals surface area contributed by atoms with E-state index in [1.54, 1.807) is 43.3 Å². The van der Waals surface area contributed by atoms with Gasteiger partial charge in [-0.2, -0.15) is 4.98 Å². The van der Waals surface area contributed by atoms with Gasteiger partial charge in [0.25, 0.3) is 11.8 Å². The Hall–Kier alpha value is -3.53. The monoisotopic (exact) mass is 526 g/mol. The predicted octanol–water partition coefficient (Wildman–Crippen LogP) is 4.58. The van der Waals surface area contributed by atoms with Crippen molar-refractivity contribution in [3.8, 4) is 16.9 Å². The van der Waals surface area contributed by atoms with E-state index in [9.17, 15) is 9.90 Å². The minimum Gasteiger partial charge on any atom is -0.481 e. The quantitative estimate of drug-likeness (QED) is 0.485. The summed E-state index contributed by atoms with van der Waals surface area (Å²) in [5.74, 6) is -2.14. The first-order valence-corrected chi connectivity index (χ1v) is 12.9. The third-order valence-electron chi connectivity index (χ3n) is 7.27. The van der Waals surface area contributed by atoms with Gasteiger partial charge in [-0.25, -0.2) is 8.78 Å². The Bertz CT molecular complexity index is 1300. The van der Waals surface area contributed by atoms with Gasteiger partial charge in [0.2, 0.25) is 0 Å². The summed E-state index contributed by atoms with van der Waals surface area (Å²) < 4.78 is 42.6. The number of ether oxygens (including phenoxy) is 1. The van der Waals surface area contributed by atoms with Crippen LogP contribution in [0.25, 0.3) is 11.1 Å². The Kier molecular flexibility index (Phi) is 6.85. The van der Waals surface area contributed by atoms with Crippen LogP contribution in [0.15, 0.2) is 47.0 Å². The number of carbonyl (C=O) groups is 1. The van der Waals surface area contributed by atoms with E-state index in [0.717, 1.165) is 11.1 Å². The number of anilines is 1. The van der Waals surface area contributed by atoms with E-state index >= 15 is 8.78 Å². The molecule has 1 spiro atoms. The van der Waals surface area contributed by atoms with Crippen molar-refractivity contribution in [3.63, 3.8) is 0 Å². The number of halogens is 2. The van der Waals surface area contributed by atoms with Crippen LogP contribution in [0.2, 0.25) is 0 Å². The molecule has 1 amide bonds. The number of aliphatic hydroxyl groups is 1. The topological polar surface area (TPSA) is 101 Å². The predicted molar refractivity (Wildman–Crippen MR) is 138 cm³/mol. The molecule has 2 N–H and O–H groups in total. The molecule has 38 heavy (non-hydrogen) atoms. The van der Waals surface area contributed by atoms with E-state index in [1.165, 1.54) is 0 Å². The first kappa shape index (κ1) is 26.1. The first-order chi connectivity index (χ1) is 18.1. The second-order valence-electron chi connectivity index (χ2n) is 10.5. The molecule has 3 heterocycles. The molecule has 0 radical (unpaired) electrons. The highest BCUT2D eigenvalue weighted by molar-refractivity contribution is 5.94. The van der Waals surface area contributed by atoms with Crippen molar-refractivity contribution >= 4 is 11.9 Å². The molecule has 3 aromatic rings. The number of aromatic nitrogens is 2. The summed E-state index contributed by atoms with van der Waals surface area (Å²) in [5, 5.41) is 16.0. The van der Waals surface area contributed by atoms with Crippen LogP contribution >= 0.6 is 0 Å². The highest BCUT2D eigenvalue weighted by Gasteiger charge is 2.59. The summed E-state index contributed by atoms with van der Waals surface area (Å²) in [4.78, 5) is 18.4. The van der Waals surface area contributed by atoms with Crippen molar-refractivity contribution in [2.75, 3.05) is 24.5 Å². The molecule has 202 valence electrons. The summed E-state index contributed by atoms with van der Waals surface area (Å²) >= 11 is 0. The van der Waals surface area contributed by atoms with Gasteiger partial charge in [-0.05, 0) is 42.3 Å². The number of hydrogen-bond donors (Lipinski definition) is 2. The fraction of sp³-hybridized carbons (Fsp3) is 0.464. The Balaban J connectivity index is 1.29. The molecular formula is C28H32F2N4O4. The summed E-state index contributed by atoms with van der Waals surface area (Å²) in [6.45, 7) is 6.35. The lowest BCUT2D eigenvalue weighted by Crippen LogP contribution is -2.61. The van der Waals surface area contributed by atoms with Crippen LogP contribution in [-0.4, -0.2) is 58.4 Å². The van der Waals surface area contributed by atoms with Crippen LogP contribution in [-0.2, 0) is 6.42 Å². The third-order valence-corrected chi connectivity index (χ3v) is 7.27. The summed E-state index contributed by atoms with van der Waals surface area (Å²) in [6.07, 6.45) is -0.768. The summed E-state index contributed by atoms with van der Waals surface area (Å²) in [5.41, 5.74) is 0.897. The van der Waals surface area contributed by atoms with E-state index in [4.69, 9.17) is 9.26 Å². The molecule has 2 aromatic carbocycles. The lowest BCUT2D eigenvalue weighted by molar-refractivity contribution is -0.185. The lowest BCUT2D eigenvalue weighted by Gasteiger charge is -2.48. The van der Waals surface area contributed by atoms with Crippen molar-refractivity contribution in [3.05, 3.63) is 59.4 Å². The standard InChI is InChI=1S/C28H32F2N4O4/c1-17(2)24-32-26(38-33-24)34-12-10-27(11-13-34)28(29,30)15-22-14-21(8-9-23(22)37-27)19-4-6-20(7-5-19)25(36)31-16-18(3)35/h4-9,14,17-18,35H,10-13,15-16H2,1-3H3,(H,31,36). The zero-order chi connectivity index (χ0) is 27.1. The molecule has 10 heteroatoms. The molecule has 0 saturated carbocycles. The second-order valence-corrected chi connectivity index (χ2v) is 10.5. The molecule has 2 aliphatic rings. The second kappa shape index (κ2) is 9.98. The zero-order valence-corrected chi connectivity index (χ0v) is 21.7. The van der Waals surface area contributed by atoms with Crippen LogP contribution in [0.4, 0.5) is 14.8 Å². The zero-order valence-electron chi connectivity index (χ0n) is 21.7. The number of amides is 1. The Morgan fingerprint density at radius 3 is 2.42 bits per heavy atom. The normalized spacial score (nSPS) is 18.7. The van der Waals surface area contributed by atoms with Crippen molar-refractivity contribution in [2.24, 2.45) is 0 Å². The highest BCUT2D eigenvalue weighted by Crippen LogP contribution is 2.49. The summed E-state index contributed by atoms with van der Waals surface area (Å²) in [7, 11) is 0. The third kappa shape index (κ3) is 4.97. The van der Waals surface area contributed by atoms with Gasteiger partial charge >= 0.3 is 6.01 Å². The van der Waals surface area contributed by atoms with Gasteiger partial charge in [-0.1, -0.05) is 37.2 Å². The van der Waals surface area contributed by atoms with Gasteiger partial charge in [0.05, 0.1) is 6.10 Å². The molecule has 8 nitrogen and oxygen atoms in total. The van der Waals surface area contributed by atoms with Crippen LogP contribution in [0.5, 0.6) is 5.75 Å². The van der Waals surface area contributed by atoms with Crippen LogP contribution < -0.4 is 15.0 Å². The number of nitrogens with zero attached hydrogens (tertiary/aromatic N) is 3. The number of alkyl halides is 2. The number of hydrogen-bond acceptors (Lipinski definition) is 7. The highest BCUT2D eigenvalue weighted by atomic mass is 19.3. The lowest BCUT2D eigenvalue weighted by atomic mass is 9.79. The Morgan fingerprint density at radius 2 is 1.79 bits per heavy atom.